The highest BCUT2D eigenvalue weighted by Gasteiger charge is 2.21. The summed E-state index contributed by atoms with van der Waals surface area (Å²) >= 11 is 0. The van der Waals surface area contributed by atoms with Crippen molar-refractivity contribution >= 4 is 23.3 Å². The smallest absolute Gasteiger partial charge is 0.319 e. The maximum Gasteiger partial charge on any atom is 0.319 e. The SMILES string of the molecule is CC1CCCCC1OCCNC(=O)Nc1cccc(NC(=O)c2cccnc2)c1. The number of rotatable bonds is 7. The molecule has 0 bridgehead atoms. The molecule has 3 N–H and O–H groups in total. The fourth-order valence-electron chi connectivity index (χ4n) is 3.46. The molecule has 0 saturated heterocycles. The van der Waals surface area contributed by atoms with Crippen molar-refractivity contribution in [3.8, 4) is 0 Å². The maximum atomic E-state index is 12.2. The highest BCUT2D eigenvalue weighted by atomic mass is 16.5. The van der Waals surface area contributed by atoms with Gasteiger partial charge >= 0.3 is 6.03 Å². The third kappa shape index (κ3) is 6.57. The van der Waals surface area contributed by atoms with E-state index in [1.807, 2.05) is 0 Å². The number of nitrogens with one attached hydrogen (secondary N) is 3. The first kappa shape index (κ1) is 20.8. The lowest BCUT2D eigenvalue weighted by Gasteiger charge is -2.28. The minimum Gasteiger partial charge on any atom is -0.376 e. The molecule has 2 atom stereocenters. The van der Waals surface area contributed by atoms with Crippen molar-refractivity contribution in [2.24, 2.45) is 5.92 Å². The van der Waals surface area contributed by atoms with Crippen molar-refractivity contribution in [2.75, 3.05) is 23.8 Å². The highest BCUT2D eigenvalue weighted by Crippen LogP contribution is 2.26. The van der Waals surface area contributed by atoms with Crippen LogP contribution in [-0.4, -0.2) is 36.2 Å². The standard InChI is InChI=1S/C22H28N4O3/c1-16-6-2-3-10-20(16)29-13-12-24-22(28)26-19-9-4-8-18(14-19)25-21(27)17-7-5-11-23-15-17/h4-5,7-9,11,14-16,20H,2-3,6,10,12-13H2,1H3,(H,25,27)(H2,24,26,28). The Morgan fingerprint density at radius 2 is 1.90 bits per heavy atom. The van der Waals surface area contributed by atoms with Crippen LogP contribution in [-0.2, 0) is 4.74 Å². The summed E-state index contributed by atoms with van der Waals surface area (Å²) < 4.78 is 5.91. The predicted octanol–water partition coefficient (Wildman–Crippen LogP) is 4.05. The third-order valence-electron chi connectivity index (χ3n) is 5.05. The van der Waals surface area contributed by atoms with Gasteiger partial charge in [-0.2, -0.15) is 0 Å². The number of benzene rings is 1. The average Bonchev–Trinajstić information content (AvgIpc) is 2.73. The van der Waals surface area contributed by atoms with Crippen molar-refractivity contribution in [1.82, 2.24) is 10.3 Å². The minimum absolute atomic E-state index is 0.256. The van der Waals surface area contributed by atoms with Crippen LogP contribution >= 0.6 is 0 Å². The van der Waals surface area contributed by atoms with Crippen molar-refractivity contribution in [1.29, 1.82) is 0 Å². The molecule has 1 aliphatic rings. The van der Waals surface area contributed by atoms with Gasteiger partial charge in [-0.3, -0.25) is 9.78 Å². The Balaban J connectivity index is 1.42. The van der Waals surface area contributed by atoms with Gasteiger partial charge < -0.3 is 20.7 Å². The van der Waals surface area contributed by atoms with Crippen LogP contribution in [0.25, 0.3) is 0 Å². The maximum absolute atomic E-state index is 12.2. The summed E-state index contributed by atoms with van der Waals surface area (Å²) in [5, 5.41) is 8.37. The molecule has 7 nitrogen and oxygen atoms in total. The normalized spacial score (nSPS) is 18.7. The number of carbonyl (C=O) groups excluding carboxylic acids is 2. The van der Waals surface area contributed by atoms with Gasteiger partial charge in [0, 0.05) is 30.3 Å². The van der Waals surface area contributed by atoms with E-state index >= 15 is 0 Å². The monoisotopic (exact) mass is 396 g/mol. The fourth-order valence-corrected chi connectivity index (χ4v) is 3.46. The van der Waals surface area contributed by atoms with Gasteiger partial charge in [-0.05, 0) is 49.1 Å². The van der Waals surface area contributed by atoms with Crippen LogP contribution < -0.4 is 16.0 Å². The van der Waals surface area contributed by atoms with Crippen LogP contribution in [0.1, 0.15) is 43.0 Å². The first-order chi connectivity index (χ1) is 14.1. The summed E-state index contributed by atoms with van der Waals surface area (Å²) in [5.74, 6) is 0.330. The zero-order valence-corrected chi connectivity index (χ0v) is 16.7. The Kier molecular flexibility index (Phi) is 7.58. The number of ether oxygens (including phenoxy) is 1. The summed E-state index contributed by atoms with van der Waals surface area (Å²) in [6.45, 7) is 3.18. The van der Waals surface area contributed by atoms with Crippen LogP contribution in [0, 0.1) is 5.92 Å². The Morgan fingerprint density at radius 3 is 2.66 bits per heavy atom. The molecule has 2 unspecified atom stereocenters. The van der Waals surface area contributed by atoms with Gasteiger partial charge in [0.25, 0.3) is 5.91 Å². The van der Waals surface area contributed by atoms with Gasteiger partial charge in [-0.25, -0.2) is 4.79 Å². The molecule has 7 heteroatoms. The largest absolute Gasteiger partial charge is 0.376 e. The van der Waals surface area contributed by atoms with E-state index in [2.05, 4.69) is 27.9 Å². The molecule has 2 aromatic rings. The molecule has 1 heterocycles. The number of carbonyl (C=O) groups is 2. The van der Waals surface area contributed by atoms with Crippen LogP contribution in [0.5, 0.6) is 0 Å². The molecule has 29 heavy (non-hydrogen) atoms. The van der Waals surface area contributed by atoms with Crippen molar-refractivity contribution in [2.45, 2.75) is 38.7 Å². The van der Waals surface area contributed by atoms with Crippen molar-refractivity contribution < 1.29 is 14.3 Å². The summed E-state index contributed by atoms with van der Waals surface area (Å²) in [6, 6.07) is 10.1. The number of urea groups is 1. The van der Waals surface area contributed by atoms with Gasteiger partial charge in [0.15, 0.2) is 0 Å². The quantitative estimate of drug-likeness (QED) is 0.616. The van der Waals surface area contributed by atoms with E-state index in [1.54, 1.807) is 42.6 Å². The molecule has 1 saturated carbocycles. The molecule has 1 fully saturated rings. The second kappa shape index (κ2) is 10.6. The molecular weight excluding hydrogens is 368 g/mol. The lowest BCUT2D eigenvalue weighted by molar-refractivity contribution is -0.00232. The number of aromatic nitrogens is 1. The molecule has 0 radical (unpaired) electrons. The van der Waals surface area contributed by atoms with Gasteiger partial charge in [0.05, 0.1) is 18.3 Å². The van der Waals surface area contributed by atoms with E-state index < -0.39 is 0 Å². The van der Waals surface area contributed by atoms with E-state index in [1.165, 1.54) is 25.5 Å². The first-order valence-corrected chi connectivity index (χ1v) is 10.1. The van der Waals surface area contributed by atoms with Gasteiger partial charge in [0.2, 0.25) is 0 Å². The van der Waals surface area contributed by atoms with Crippen molar-refractivity contribution in [3.05, 3.63) is 54.4 Å². The Hall–Kier alpha value is -2.93. The van der Waals surface area contributed by atoms with E-state index in [4.69, 9.17) is 4.74 Å². The van der Waals surface area contributed by atoms with Crippen LogP contribution in [0.2, 0.25) is 0 Å². The van der Waals surface area contributed by atoms with E-state index in [0.29, 0.717) is 42.1 Å². The molecule has 154 valence electrons. The molecule has 3 amide bonds. The molecule has 0 spiro atoms. The number of pyridine rings is 1. The predicted molar refractivity (Wildman–Crippen MR) is 113 cm³/mol. The Bertz CT molecular complexity index is 813. The zero-order valence-electron chi connectivity index (χ0n) is 16.7. The topological polar surface area (TPSA) is 92.4 Å². The number of anilines is 2. The van der Waals surface area contributed by atoms with Gasteiger partial charge in [0.1, 0.15) is 0 Å². The molecular formula is C22H28N4O3. The third-order valence-corrected chi connectivity index (χ3v) is 5.05. The summed E-state index contributed by atoms with van der Waals surface area (Å²) in [4.78, 5) is 28.3. The highest BCUT2D eigenvalue weighted by molar-refractivity contribution is 6.04. The summed E-state index contributed by atoms with van der Waals surface area (Å²) in [5.41, 5.74) is 1.65. The summed E-state index contributed by atoms with van der Waals surface area (Å²) in [6.07, 6.45) is 8.23. The number of nitrogens with zero attached hydrogens (tertiary/aromatic N) is 1. The van der Waals surface area contributed by atoms with E-state index in [9.17, 15) is 9.59 Å². The number of amides is 3. The second-order valence-corrected chi connectivity index (χ2v) is 7.33. The number of hydrogen-bond acceptors (Lipinski definition) is 4. The molecule has 1 aromatic heterocycles. The number of hydrogen-bond donors (Lipinski definition) is 3. The lowest BCUT2D eigenvalue weighted by atomic mass is 9.88. The second-order valence-electron chi connectivity index (χ2n) is 7.33. The van der Waals surface area contributed by atoms with E-state index in [-0.39, 0.29) is 11.9 Å². The Labute approximate surface area is 171 Å². The Morgan fingerprint density at radius 1 is 1.10 bits per heavy atom. The van der Waals surface area contributed by atoms with Crippen molar-refractivity contribution in [3.63, 3.8) is 0 Å². The zero-order chi connectivity index (χ0) is 20.5. The summed E-state index contributed by atoms with van der Waals surface area (Å²) in [7, 11) is 0. The van der Waals surface area contributed by atoms with Crippen LogP contribution in [0.15, 0.2) is 48.8 Å². The van der Waals surface area contributed by atoms with Gasteiger partial charge in [-0.15, -0.1) is 0 Å². The lowest BCUT2D eigenvalue weighted by Crippen LogP contribution is -2.34. The minimum atomic E-state index is -0.305. The molecule has 0 aliphatic heterocycles. The average molecular weight is 396 g/mol. The molecule has 1 aliphatic carbocycles. The fraction of sp³-hybridized carbons (Fsp3) is 0.409. The first-order valence-electron chi connectivity index (χ1n) is 10.1. The van der Waals surface area contributed by atoms with Crippen LogP contribution in [0.3, 0.4) is 0 Å². The molecule has 1 aromatic carbocycles. The van der Waals surface area contributed by atoms with Gasteiger partial charge in [-0.1, -0.05) is 25.8 Å². The van der Waals surface area contributed by atoms with Crippen LogP contribution in [0.4, 0.5) is 16.2 Å². The molecule has 3 rings (SSSR count). The van der Waals surface area contributed by atoms with E-state index in [0.717, 1.165) is 6.42 Å².